The number of aromatic amines is 1. The fourth-order valence-corrected chi connectivity index (χ4v) is 7.98. The molecule has 2 aliphatic rings. The largest absolute Gasteiger partial charge is 0.465 e. The topological polar surface area (TPSA) is 113 Å². The number of nitrogens with zero attached hydrogens (tertiary/aromatic N) is 2. The maximum Gasteiger partial charge on any atom is 0.338 e. The molecule has 2 saturated heterocycles. The number of amides is 1. The van der Waals surface area contributed by atoms with Crippen molar-refractivity contribution in [3.05, 3.63) is 88.7 Å². The Hall–Kier alpha value is -3.19. The van der Waals surface area contributed by atoms with Crippen LogP contribution in [0.4, 0.5) is 11.4 Å². The van der Waals surface area contributed by atoms with Crippen LogP contribution in [0.1, 0.15) is 88.2 Å². The number of hydrogen-bond acceptors (Lipinski definition) is 8. The van der Waals surface area contributed by atoms with Crippen LogP contribution in [-0.4, -0.2) is 75.6 Å². The van der Waals surface area contributed by atoms with Gasteiger partial charge < -0.3 is 34.3 Å². The van der Waals surface area contributed by atoms with Crippen LogP contribution >= 0.6 is 31.9 Å². The van der Waals surface area contributed by atoms with E-state index in [2.05, 4.69) is 77.9 Å². The maximum atomic E-state index is 13.0. The Morgan fingerprint density at radius 2 is 1.27 bits per heavy atom. The molecule has 12 heteroatoms. The zero-order valence-corrected chi connectivity index (χ0v) is 34.1. The molecule has 51 heavy (non-hydrogen) atoms. The van der Waals surface area contributed by atoms with E-state index in [4.69, 9.17) is 14.2 Å². The van der Waals surface area contributed by atoms with Crippen LogP contribution in [0.25, 0.3) is 0 Å². The van der Waals surface area contributed by atoms with Crippen LogP contribution in [0.3, 0.4) is 0 Å². The van der Waals surface area contributed by atoms with Crippen LogP contribution < -0.4 is 20.7 Å². The van der Waals surface area contributed by atoms with E-state index < -0.39 is 0 Å². The number of aryl methyl sites for hydroxylation is 2. The first-order valence-electron chi connectivity index (χ1n) is 17.7. The van der Waals surface area contributed by atoms with Gasteiger partial charge in [-0.1, -0.05) is 31.9 Å². The Balaban J connectivity index is 0.000000244. The molecule has 0 radical (unpaired) electrons. The minimum atomic E-state index is -0.293. The summed E-state index contributed by atoms with van der Waals surface area (Å²) in [5.41, 5.74) is 7.42. The zero-order valence-electron chi connectivity index (χ0n) is 30.9. The SMILES string of the molecule is CCN(c1cc(Br)cc(C(=O)NCc2c(C)cc(C)[nH]c2=O)c1C)C1CCOCC1.CCN(c1cc(Br)cc(C(=O)OC)c1C)C1CCOCC1. The van der Waals surface area contributed by atoms with Gasteiger partial charge in [-0.3, -0.25) is 9.59 Å². The van der Waals surface area contributed by atoms with Crippen LogP contribution in [0.2, 0.25) is 0 Å². The highest BCUT2D eigenvalue weighted by Gasteiger charge is 2.26. The zero-order chi connectivity index (χ0) is 37.2. The summed E-state index contributed by atoms with van der Waals surface area (Å²) in [5.74, 6) is -0.476. The Kier molecular flexibility index (Phi) is 15.2. The molecule has 2 aliphatic heterocycles. The average molecular weight is 833 g/mol. The van der Waals surface area contributed by atoms with Gasteiger partial charge in [-0.2, -0.15) is 0 Å². The van der Waals surface area contributed by atoms with Crippen molar-refractivity contribution < 1.29 is 23.8 Å². The molecule has 2 aromatic carbocycles. The van der Waals surface area contributed by atoms with Crippen molar-refractivity contribution in [3.63, 3.8) is 0 Å². The van der Waals surface area contributed by atoms with E-state index in [0.29, 0.717) is 28.8 Å². The highest BCUT2D eigenvalue weighted by atomic mass is 79.9. The molecule has 3 heterocycles. The van der Waals surface area contributed by atoms with Gasteiger partial charge in [-0.15, -0.1) is 0 Å². The minimum absolute atomic E-state index is 0.156. The summed E-state index contributed by atoms with van der Waals surface area (Å²) in [6, 6.07) is 10.6. The lowest BCUT2D eigenvalue weighted by molar-refractivity contribution is 0.0599. The van der Waals surface area contributed by atoms with Crippen molar-refractivity contribution in [2.45, 2.75) is 85.9 Å². The number of esters is 1. The van der Waals surface area contributed by atoms with E-state index in [9.17, 15) is 14.4 Å². The molecule has 0 aliphatic carbocycles. The average Bonchev–Trinajstić information content (AvgIpc) is 3.11. The summed E-state index contributed by atoms with van der Waals surface area (Å²) in [4.78, 5) is 44.8. The van der Waals surface area contributed by atoms with E-state index in [1.807, 2.05) is 45.9 Å². The molecule has 2 fully saturated rings. The number of H-pyrrole nitrogens is 1. The third-order valence-electron chi connectivity index (χ3n) is 9.82. The quantitative estimate of drug-likeness (QED) is 0.202. The van der Waals surface area contributed by atoms with Crippen molar-refractivity contribution in [3.8, 4) is 0 Å². The number of nitrogens with one attached hydrogen (secondary N) is 2. The predicted molar refractivity (Wildman–Crippen MR) is 211 cm³/mol. The second-order valence-corrected chi connectivity index (χ2v) is 14.9. The Labute approximate surface area is 318 Å². The summed E-state index contributed by atoms with van der Waals surface area (Å²) >= 11 is 7.08. The number of ether oxygens (including phenoxy) is 3. The molecule has 3 aromatic rings. The third kappa shape index (κ3) is 10.2. The van der Waals surface area contributed by atoms with Crippen LogP contribution in [0.5, 0.6) is 0 Å². The fourth-order valence-electron chi connectivity index (χ4n) is 7.09. The van der Waals surface area contributed by atoms with E-state index >= 15 is 0 Å². The van der Waals surface area contributed by atoms with E-state index in [0.717, 1.165) is 108 Å². The number of carbonyl (C=O) groups is 2. The van der Waals surface area contributed by atoms with Gasteiger partial charge in [0, 0.05) is 95.3 Å². The second-order valence-electron chi connectivity index (χ2n) is 13.1. The predicted octanol–water partition coefficient (Wildman–Crippen LogP) is 7.55. The van der Waals surface area contributed by atoms with Gasteiger partial charge in [0.2, 0.25) is 0 Å². The van der Waals surface area contributed by atoms with E-state index in [1.54, 1.807) is 0 Å². The number of rotatable bonds is 10. The van der Waals surface area contributed by atoms with E-state index in [1.165, 1.54) is 7.11 Å². The van der Waals surface area contributed by atoms with Crippen molar-refractivity contribution in [1.82, 2.24) is 10.3 Å². The maximum absolute atomic E-state index is 13.0. The number of hydrogen-bond donors (Lipinski definition) is 2. The molecule has 278 valence electrons. The highest BCUT2D eigenvalue weighted by molar-refractivity contribution is 9.10. The van der Waals surface area contributed by atoms with Crippen LogP contribution in [0, 0.1) is 27.7 Å². The second kappa shape index (κ2) is 19.0. The number of methoxy groups -OCH3 is 1. The fraction of sp³-hybridized carbons (Fsp3) is 0.513. The molecule has 0 bridgehead atoms. The molecule has 0 atom stereocenters. The monoisotopic (exact) mass is 830 g/mol. The Morgan fingerprint density at radius 1 is 0.804 bits per heavy atom. The number of pyridine rings is 1. The normalized spacial score (nSPS) is 15.1. The van der Waals surface area contributed by atoms with Crippen molar-refractivity contribution in [2.24, 2.45) is 0 Å². The first-order valence-corrected chi connectivity index (χ1v) is 19.3. The summed E-state index contributed by atoms with van der Waals surface area (Å²) < 4.78 is 17.6. The highest BCUT2D eigenvalue weighted by Crippen LogP contribution is 2.33. The van der Waals surface area contributed by atoms with Gasteiger partial charge in [0.05, 0.1) is 12.7 Å². The lowest BCUT2D eigenvalue weighted by atomic mass is 10.0. The van der Waals surface area contributed by atoms with Gasteiger partial charge >= 0.3 is 5.97 Å². The minimum Gasteiger partial charge on any atom is -0.465 e. The molecular weight excluding hydrogens is 780 g/mol. The number of benzene rings is 2. The molecular formula is C39H52Br2N4O6. The molecule has 0 unspecified atom stereocenters. The molecule has 5 rings (SSSR count). The molecule has 1 amide bonds. The summed E-state index contributed by atoms with van der Waals surface area (Å²) in [7, 11) is 1.42. The first-order chi connectivity index (χ1) is 24.4. The Morgan fingerprint density at radius 3 is 1.73 bits per heavy atom. The van der Waals surface area contributed by atoms with Crippen molar-refractivity contribution >= 4 is 55.1 Å². The molecule has 1 aromatic heterocycles. The third-order valence-corrected chi connectivity index (χ3v) is 10.7. The lowest BCUT2D eigenvalue weighted by Crippen LogP contribution is -2.40. The smallest absolute Gasteiger partial charge is 0.338 e. The molecule has 10 nitrogen and oxygen atoms in total. The number of halogens is 2. The van der Waals surface area contributed by atoms with Crippen LogP contribution in [-0.2, 0) is 20.8 Å². The summed E-state index contributed by atoms with van der Waals surface area (Å²) in [6.07, 6.45) is 4.01. The van der Waals surface area contributed by atoms with Crippen molar-refractivity contribution in [1.29, 1.82) is 0 Å². The van der Waals surface area contributed by atoms with Gasteiger partial charge in [-0.25, -0.2) is 4.79 Å². The van der Waals surface area contributed by atoms with Gasteiger partial charge in [0.25, 0.3) is 11.5 Å². The molecule has 2 N–H and O–H groups in total. The molecule has 0 saturated carbocycles. The van der Waals surface area contributed by atoms with Gasteiger partial charge in [0.1, 0.15) is 0 Å². The van der Waals surface area contributed by atoms with Gasteiger partial charge in [0.15, 0.2) is 0 Å². The van der Waals surface area contributed by atoms with E-state index in [-0.39, 0.29) is 24.0 Å². The summed E-state index contributed by atoms with van der Waals surface area (Å²) in [5, 5.41) is 2.93. The van der Waals surface area contributed by atoms with Gasteiger partial charge in [-0.05, 0) is 114 Å². The number of anilines is 2. The molecule has 0 spiro atoms. The number of aromatic nitrogens is 1. The lowest BCUT2D eigenvalue weighted by Gasteiger charge is -2.36. The first kappa shape index (κ1) is 40.6. The summed E-state index contributed by atoms with van der Waals surface area (Å²) in [6.45, 7) is 17.1. The Bertz CT molecular complexity index is 1730. The van der Waals surface area contributed by atoms with Crippen molar-refractivity contribution in [2.75, 3.05) is 56.4 Å². The number of carbonyl (C=O) groups excluding carboxylic acids is 2. The van der Waals surface area contributed by atoms with Crippen LogP contribution in [0.15, 0.2) is 44.1 Å². The standard InChI is InChI=1S/C23H30BrN3O3.C16H22BrNO3/c1-5-27(18-6-8-30-9-7-18)21-12-17(24)11-19(16(21)4)22(28)25-13-20-14(2)10-15(3)26-23(20)29;1-4-18(13-5-7-21-8-6-13)15-10-12(17)9-14(11(15)2)16(19)20-3/h10-12,18H,5-9,13H2,1-4H3,(H,25,28)(H,26,29);9-10,13H,4-8H2,1-3H3.